The molecular formula is C17H11ClN4O4. The highest BCUT2D eigenvalue weighted by molar-refractivity contribution is 6.30. The molecule has 0 aliphatic heterocycles. The molecule has 9 heteroatoms. The Morgan fingerprint density at radius 1 is 1.19 bits per heavy atom. The number of nitrogens with one attached hydrogen (secondary N) is 1. The van der Waals surface area contributed by atoms with Crippen molar-refractivity contribution in [3.63, 3.8) is 0 Å². The second kappa shape index (κ2) is 7.58. The topological polar surface area (TPSA) is 111 Å². The lowest BCUT2D eigenvalue weighted by Gasteiger charge is -1.96. The van der Waals surface area contributed by atoms with Gasteiger partial charge in [0, 0.05) is 28.8 Å². The summed E-state index contributed by atoms with van der Waals surface area (Å²) in [6.07, 6.45) is 2.66. The van der Waals surface area contributed by atoms with E-state index in [1.54, 1.807) is 30.3 Å². The van der Waals surface area contributed by atoms with Crippen LogP contribution in [0.25, 0.3) is 17.5 Å². The molecule has 0 aliphatic carbocycles. The maximum atomic E-state index is 11.9. The second-order valence-electron chi connectivity index (χ2n) is 5.09. The van der Waals surface area contributed by atoms with E-state index in [2.05, 4.69) is 15.5 Å². The van der Waals surface area contributed by atoms with E-state index in [9.17, 15) is 14.9 Å². The Labute approximate surface area is 152 Å². The van der Waals surface area contributed by atoms with Crippen LogP contribution < -0.4 is 5.32 Å². The van der Waals surface area contributed by atoms with Gasteiger partial charge in [-0.2, -0.15) is 0 Å². The normalized spacial score (nSPS) is 10.8. The van der Waals surface area contributed by atoms with Crippen molar-refractivity contribution >= 4 is 35.3 Å². The van der Waals surface area contributed by atoms with Crippen LogP contribution in [-0.2, 0) is 4.79 Å². The molecule has 1 heterocycles. The summed E-state index contributed by atoms with van der Waals surface area (Å²) < 4.78 is 5.36. The van der Waals surface area contributed by atoms with E-state index in [1.807, 2.05) is 0 Å². The lowest BCUT2D eigenvalue weighted by atomic mass is 10.2. The standard InChI is InChI=1S/C17H11ClN4O4/c18-13-7-5-12(6-8-13)16-20-21-17(26-16)19-15(23)9-4-11-2-1-3-14(10-11)22(24)25/h1-10H,(H,19,21,23). The van der Waals surface area contributed by atoms with Crippen molar-refractivity contribution in [2.45, 2.75) is 0 Å². The predicted octanol–water partition coefficient (Wildman–Crippen LogP) is 3.95. The van der Waals surface area contributed by atoms with Gasteiger partial charge in [-0.1, -0.05) is 28.8 Å². The zero-order chi connectivity index (χ0) is 18.5. The number of anilines is 1. The Bertz CT molecular complexity index is 982. The fourth-order valence-electron chi connectivity index (χ4n) is 2.04. The summed E-state index contributed by atoms with van der Waals surface area (Å²) >= 11 is 5.82. The number of halogens is 1. The number of carbonyl (C=O) groups excluding carboxylic acids is 1. The summed E-state index contributed by atoms with van der Waals surface area (Å²) in [7, 11) is 0. The molecule has 0 radical (unpaired) electrons. The van der Waals surface area contributed by atoms with Crippen LogP contribution in [0.5, 0.6) is 0 Å². The molecule has 2 aromatic carbocycles. The first-order valence-electron chi connectivity index (χ1n) is 7.34. The number of nitro groups is 1. The monoisotopic (exact) mass is 370 g/mol. The fourth-order valence-corrected chi connectivity index (χ4v) is 2.17. The average Bonchev–Trinajstić information content (AvgIpc) is 3.09. The Kier molecular flexibility index (Phi) is 5.04. The highest BCUT2D eigenvalue weighted by Crippen LogP contribution is 2.21. The van der Waals surface area contributed by atoms with Crippen molar-refractivity contribution in [1.82, 2.24) is 10.2 Å². The minimum absolute atomic E-state index is 0.0583. The van der Waals surface area contributed by atoms with Crippen molar-refractivity contribution in [3.8, 4) is 11.5 Å². The number of rotatable bonds is 5. The van der Waals surface area contributed by atoms with Gasteiger partial charge in [0.05, 0.1) is 4.92 Å². The molecule has 3 aromatic rings. The van der Waals surface area contributed by atoms with Crippen LogP contribution in [0.3, 0.4) is 0 Å². The zero-order valence-corrected chi connectivity index (χ0v) is 13.9. The molecule has 130 valence electrons. The van der Waals surface area contributed by atoms with Gasteiger partial charge < -0.3 is 4.42 Å². The summed E-state index contributed by atoms with van der Waals surface area (Å²) in [6.45, 7) is 0. The molecule has 0 aliphatic rings. The van der Waals surface area contributed by atoms with Crippen molar-refractivity contribution in [2.75, 3.05) is 5.32 Å². The first kappa shape index (κ1) is 17.3. The van der Waals surface area contributed by atoms with Gasteiger partial charge in [0.25, 0.3) is 11.6 Å². The van der Waals surface area contributed by atoms with Gasteiger partial charge in [0.1, 0.15) is 0 Å². The van der Waals surface area contributed by atoms with Gasteiger partial charge >= 0.3 is 6.01 Å². The maximum absolute atomic E-state index is 11.9. The van der Waals surface area contributed by atoms with E-state index < -0.39 is 10.8 Å². The lowest BCUT2D eigenvalue weighted by molar-refractivity contribution is -0.384. The zero-order valence-electron chi connectivity index (χ0n) is 13.1. The second-order valence-corrected chi connectivity index (χ2v) is 5.53. The van der Waals surface area contributed by atoms with Crippen molar-refractivity contribution < 1.29 is 14.1 Å². The number of amides is 1. The average molecular weight is 371 g/mol. The summed E-state index contributed by atoms with van der Waals surface area (Å²) in [6, 6.07) is 12.6. The minimum Gasteiger partial charge on any atom is -0.403 e. The van der Waals surface area contributed by atoms with Gasteiger partial charge in [-0.25, -0.2) is 0 Å². The predicted molar refractivity (Wildman–Crippen MR) is 95.5 cm³/mol. The molecule has 0 bridgehead atoms. The smallest absolute Gasteiger partial charge is 0.322 e. The Morgan fingerprint density at radius 3 is 2.69 bits per heavy atom. The minimum atomic E-state index is -0.511. The third kappa shape index (κ3) is 4.31. The largest absolute Gasteiger partial charge is 0.403 e. The third-order valence-electron chi connectivity index (χ3n) is 3.25. The third-order valence-corrected chi connectivity index (χ3v) is 3.51. The summed E-state index contributed by atoms with van der Waals surface area (Å²) in [5, 5.41) is 21.3. The van der Waals surface area contributed by atoms with Crippen molar-refractivity contribution in [2.24, 2.45) is 0 Å². The number of carbonyl (C=O) groups is 1. The number of non-ortho nitro benzene ring substituents is 1. The number of aromatic nitrogens is 2. The van der Waals surface area contributed by atoms with Crippen LogP contribution in [0.15, 0.2) is 59.0 Å². The number of nitrogens with zero attached hydrogens (tertiary/aromatic N) is 3. The molecule has 1 amide bonds. The quantitative estimate of drug-likeness (QED) is 0.413. The van der Waals surface area contributed by atoms with Gasteiger partial charge in [-0.3, -0.25) is 20.2 Å². The highest BCUT2D eigenvalue weighted by Gasteiger charge is 2.10. The van der Waals surface area contributed by atoms with E-state index in [0.717, 1.165) is 0 Å². The van der Waals surface area contributed by atoms with E-state index in [-0.39, 0.29) is 17.6 Å². The van der Waals surface area contributed by atoms with Crippen LogP contribution in [-0.4, -0.2) is 21.0 Å². The van der Waals surface area contributed by atoms with Crippen molar-refractivity contribution in [1.29, 1.82) is 0 Å². The van der Waals surface area contributed by atoms with Crippen LogP contribution in [0.2, 0.25) is 5.02 Å². The molecule has 0 saturated carbocycles. The lowest BCUT2D eigenvalue weighted by Crippen LogP contribution is -2.07. The Morgan fingerprint density at radius 2 is 1.96 bits per heavy atom. The number of hydrogen-bond acceptors (Lipinski definition) is 6. The Balaban J connectivity index is 1.66. The van der Waals surface area contributed by atoms with Gasteiger partial charge in [-0.05, 0) is 35.9 Å². The van der Waals surface area contributed by atoms with Crippen LogP contribution >= 0.6 is 11.6 Å². The van der Waals surface area contributed by atoms with E-state index in [0.29, 0.717) is 16.1 Å². The van der Waals surface area contributed by atoms with Gasteiger partial charge in [0.2, 0.25) is 5.89 Å². The maximum Gasteiger partial charge on any atom is 0.322 e. The SMILES string of the molecule is O=C(C=Cc1cccc([N+](=O)[O-])c1)Nc1nnc(-c2ccc(Cl)cc2)o1. The van der Waals surface area contributed by atoms with Gasteiger partial charge in [-0.15, -0.1) is 5.10 Å². The first-order valence-corrected chi connectivity index (χ1v) is 7.72. The fraction of sp³-hybridized carbons (Fsp3) is 0. The highest BCUT2D eigenvalue weighted by atomic mass is 35.5. The molecule has 0 saturated heterocycles. The molecular weight excluding hydrogens is 360 g/mol. The molecule has 0 fully saturated rings. The van der Waals surface area contributed by atoms with E-state index >= 15 is 0 Å². The molecule has 0 spiro atoms. The summed E-state index contributed by atoms with van der Waals surface area (Å²) in [5.41, 5.74) is 1.12. The molecule has 1 aromatic heterocycles. The van der Waals surface area contributed by atoms with E-state index in [1.165, 1.54) is 30.4 Å². The van der Waals surface area contributed by atoms with Crippen molar-refractivity contribution in [3.05, 3.63) is 75.3 Å². The number of nitro benzene ring substituents is 1. The summed E-state index contributed by atoms with van der Waals surface area (Å²) in [5.74, 6) is -0.276. The molecule has 0 atom stereocenters. The molecule has 0 unspecified atom stereocenters. The number of hydrogen-bond donors (Lipinski definition) is 1. The van der Waals surface area contributed by atoms with Crippen LogP contribution in [0.1, 0.15) is 5.56 Å². The first-order chi connectivity index (χ1) is 12.5. The van der Waals surface area contributed by atoms with E-state index in [4.69, 9.17) is 16.0 Å². The molecule has 8 nitrogen and oxygen atoms in total. The van der Waals surface area contributed by atoms with Gasteiger partial charge in [0.15, 0.2) is 0 Å². The number of benzene rings is 2. The molecule has 3 rings (SSSR count). The summed E-state index contributed by atoms with van der Waals surface area (Å²) in [4.78, 5) is 22.1. The molecule has 26 heavy (non-hydrogen) atoms. The van der Waals surface area contributed by atoms with Crippen LogP contribution in [0.4, 0.5) is 11.7 Å². The molecule has 1 N–H and O–H groups in total. The Hall–Kier alpha value is -3.52. The van der Waals surface area contributed by atoms with Crippen LogP contribution in [0, 0.1) is 10.1 Å².